The third-order valence-electron chi connectivity index (χ3n) is 5.22. The van der Waals surface area contributed by atoms with Crippen LogP contribution in [0.15, 0.2) is 88.2 Å². The Balaban J connectivity index is 1.66. The van der Waals surface area contributed by atoms with Gasteiger partial charge in [-0.05, 0) is 48.9 Å². The van der Waals surface area contributed by atoms with Crippen molar-refractivity contribution in [2.24, 2.45) is 0 Å². The van der Waals surface area contributed by atoms with Crippen molar-refractivity contribution in [2.75, 3.05) is 10.2 Å². The van der Waals surface area contributed by atoms with Gasteiger partial charge >= 0.3 is 0 Å². The summed E-state index contributed by atoms with van der Waals surface area (Å²) in [6.45, 7) is 2.01. The normalized spacial score (nSPS) is 18.1. The summed E-state index contributed by atoms with van der Waals surface area (Å²) >= 11 is 7.34. The molecule has 3 aromatic carbocycles. The molecule has 2 amide bonds. The van der Waals surface area contributed by atoms with Crippen LogP contribution in [-0.4, -0.2) is 11.8 Å². The maximum Gasteiger partial charge on any atom is 0.272 e. The molecule has 0 saturated heterocycles. The van der Waals surface area contributed by atoms with Crippen molar-refractivity contribution in [1.29, 1.82) is 0 Å². The lowest BCUT2D eigenvalue weighted by molar-refractivity contribution is -0.120. The van der Waals surface area contributed by atoms with Crippen molar-refractivity contribution in [3.05, 3.63) is 99.4 Å². The van der Waals surface area contributed by atoms with Crippen LogP contribution in [0.1, 0.15) is 17.2 Å². The molecule has 0 aromatic heterocycles. The molecule has 5 rings (SSSR count). The fourth-order valence-electron chi connectivity index (χ4n) is 3.82. The predicted molar refractivity (Wildman–Crippen MR) is 121 cm³/mol. The number of rotatable bonds is 2. The minimum atomic E-state index is -0.426. The number of halogens is 1. The Morgan fingerprint density at radius 3 is 2.47 bits per heavy atom. The van der Waals surface area contributed by atoms with Crippen LogP contribution in [0, 0.1) is 6.92 Å². The van der Waals surface area contributed by atoms with Crippen molar-refractivity contribution in [2.45, 2.75) is 17.9 Å². The Kier molecular flexibility index (Phi) is 4.65. The lowest BCUT2D eigenvalue weighted by Gasteiger charge is -2.23. The van der Waals surface area contributed by atoms with Gasteiger partial charge in [0.05, 0.1) is 22.2 Å². The average molecular weight is 433 g/mol. The van der Waals surface area contributed by atoms with E-state index < -0.39 is 6.04 Å². The largest absolute Gasteiger partial charge is 0.373 e. The van der Waals surface area contributed by atoms with Crippen molar-refractivity contribution in [3.8, 4) is 0 Å². The van der Waals surface area contributed by atoms with Gasteiger partial charge in [-0.1, -0.05) is 65.3 Å². The molecule has 30 heavy (non-hydrogen) atoms. The molecule has 6 heteroatoms. The number of hydrogen-bond donors (Lipinski definition) is 1. The molecule has 2 heterocycles. The summed E-state index contributed by atoms with van der Waals surface area (Å²) in [6.07, 6.45) is 0. The standard InChI is InChI=1S/C24H17ClN2O2S/c1-14-5-4-6-15(13-14)21-20-22(30-19-8-3-2-7-18(19)26-21)24(29)27(23(20)28)17-11-9-16(25)10-12-17/h2-13,21,26H,1H3/t21-/m0/s1. The maximum atomic E-state index is 13.6. The third-order valence-corrected chi connectivity index (χ3v) is 6.65. The second kappa shape index (κ2) is 7.35. The van der Waals surface area contributed by atoms with Gasteiger partial charge in [0.2, 0.25) is 0 Å². The van der Waals surface area contributed by atoms with Crippen LogP contribution in [0.5, 0.6) is 0 Å². The SMILES string of the molecule is Cc1cccc([C@@H]2Nc3ccccc3SC3=C2C(=O)N(c2ccc(Cl)cc2)C3=O)c1. The van der Waals surface area contributed by atoms with E-state index in [2.05, 4.69) is 5.32 Å². The minimum Gasteiger partial charge on any atom is -0.373 e. The molecular weight excluding hydrogens is 416 g/mol. The van der Waals surface area contributed by atoms with E-state index in [1.54, 1.807) is 24.3 Å². The smallest absolute Gasteiger partial charge is 0.272 e. The number of hydrogen-bond acceptors (Lipinski definition) is 4. The van der Waals surface area contributed by atoms with E-state index in [-0.39, 0.29) is 11.8 Å². The van der Waals surface area contributed by atoms with Gasteiger partial charge < -0.3 is 5.32 Å². The second-order valence-electron chi connectivity index (χ2n) is 7.25. The highest BCUT2D eigenvalue weighted by atomic mass is 35.5. The van der Waals surface area contributed by atoms with E-state index >= 15 is 0 Å². The lowest BCUT2D eigenvalue weighted by atomic mass is 9.96. The van der Waals surface area contributed by atoms with Gasteiger partial charge in [0, 0.05) is 15.6 Å². The summed E-state index contributed by atoms with van der Waals surface area (Å²) in [6, 6.07) is 22.1. The average Bonchev–Trinajstić information content (AvgIpc) is 2.89. The van der Waals surface area contributed by atoms with Crippen molar-refractivity contribution >= 4 is 46.6 Å². The number of nitrogens with one attached hydrogen (secondary N) is 1. The highest BCUT2D eigenvalue weighted by molar-refractivity contribution is 8.04. The summed E-state index contributed by atoms with van der Waals surface area (Å²) in [4.78, 5) is 29.6. The Labute approximate surface area is 183 Å². The fourth-order valence-corrected chi connectivity index (χ4v) is 5.04. The molecule has 0 radical (unpaired) electrons. The number of aryl methyl sites for hydroxylation is 1. The van der Waals surface area contributed by atoms with Gasteiger partial charge in [0.1, 0.15) is 0 Å². The monoisotopic (exact) mass is 432 g/mol. The van der Waals surface area contributed by atoms with Crippen LogP contribution < -0.4 is 10.2 Å². The Morgan fingerprint density at radius 2 is 1.70 bits per heavy atom. The topological polar surface area (TPSA) is 49.4 Å². The lowest BCUT2D eigenvalue weighted by Crippen LogP contribution is -2.33. The summed E-state index contributed by atoms with van der Waals surface area (Å²) in [7, 11) is 0. The summed E-state index contributed by atoms with van der Waals surface area (Å²) < 4.78 is 0. The predicted octanol–water partition coefficient (Wildman–Crippen LogP) is 5.73. The molecule has 0 saturated carbocycles. The molecule has 0 fully saturated rings. The first-order valence-corrected chi connectivity index (χ1v) is 10.7. The molecule has 2 aliphatic rings. The molecule has 2 aliphatic heterocycles. The number of fused-ring (bicyclic) bond motifs is 1. The van der Waals surface area contributed by atoms with Crippen molar-refractivity contribution in [1.82, 2.24) is 0 Å². The zero-order valence-corrected chi connectivity index (χ0v) is 17.6. The van der Waals surface area contributed by atoms with Crippen LogP contribution >= 0.6 is 23.4 Å². The number of thioether (sulfide) groups is 1. The summed E-state index contributed by atoms with van der Waals surface area (Å²) in [5.74, 6) is -0.616. The van der Waals surface area contributed by atoms with Crippen molar-refractivity contribution in [3.63, 3.8) is 0 Å². The van der Waals surface area contributed by atoms with Crippen molar-refractivity contribution < 1.29 is 9.59 Å². The zero-order valence-electron chi connectivity index (χ0n) is 16.1. The van der Waals surface area contributed by atoms with E-state index in [0.717, 1.165) is 21.7 Å². The Hall–Kier alpha value is -3.02. The molecule has 0 spiro atoms. The molecule has 3 aromatic rings. The third kappa shape index (κ3) is 3.11. The van der Waals surface area contributed by atoms with Gasteiger partial charge in [-0.25, -0.2) is 4.90 Å². The summed E-state index contributed by atoms with van der Waals surface area (Å²) in [5.41, 5.74) is 3.93. The number of nitrogens with zero attached hydrogens (tertiary/aromatic N) is 1. The first-order valence-electron chi connectivity index (χ1n) is 9.51. The van der Waals surface area contributed by atoms with Crippen LogP contribution in [0.3, 0.4) is 0 Å². The number of imide groups is 1. The molecule has 4 nitrogen and oxygen atoms in total. The van der Waals surface area contributed by atoms with Crippen LogP contribution in [0.4, 0.5) is 11.4 Å². The molecule has 148 valence electrons. The fraction of sp³-hybridized carbons (Fsp3) is 0.0833. The van der Waals surface area contributed by atoms with Crippen LogP contribution in [0.2, 0.25) is 5.02 Å². The van der Waals surface area contributed by atoms with Gasteiger partial charge in [-0.2, -0.15) is 0 Å². The van der Waals surface area contributed by atoms with Gasteiger partial charge in [-0.3, -0.25) is 9.59 Å². The Morgan fingerprint density at radius 1 is 0.933 bits per heavy atom. The number of benzene rings is 3. The quantitative estimate of drug-likeness (QED) is 0.525. The van der Waals surface area contributed by atoms with E-state index in [0.29, 0.717) is 21.2 Å². The van der Waals surface area contributed by atoms with E-state index in [1.807, 2.05) is 55.5 Å². The number of amides is 2. The van der Waals surface area contributed by atoms with Gasteiger partial charge in [-0.15, -0.1) is 0 Å². The van der Waals surface area contributed by atoms with Gasteiger partial charge in [0.25, 0.3) is 11.8 Å². The zero-order chi connectivity index (χ0) is 20.8. The van der Waals surface area contributed by atoms with Crippen LogP contribution in [-0.2, 0) is 9.59 Å². The minimum absolute atomic E-state index is 0.307. The number of carbonyl (C=O) groups is 2. The van der Waals surface area contributed by atoms with E-state index in [1.165, 1.54) is 16.7 Å². The molecule has 0 aliphatic carbocycles. The summed E-state index contributed by atoms with van der Waals surface area (Å²) in [5, 5.41) is 4.06. The van der Waals surface area contributed by atoms with Gasteiger partial charge in [0.15, 0.2) is 0 Å². The first kappa shape index (κ1) is 19.0. The Bertz CT molecular complexity index is 1220. The molecular formula is C24H17ClN2O2S. The number of anilines is 2. The molecule has 1 N–H and O–H groups in total. The highest BCUT2D eigenvalue weighted by Crippen LogP contribution is 2.48. The second-order valence-corrected chi connectivity index (χ2v) is 8.74. The van der Waals surface area contributed by atoms with Crippen LogP contribution in [0.25, 0.3) is 0 Å². The first-order chi connectivity index (χ1) is 14.5. The molecule has 0 bridgehead atoms. The van der Waals surface area contributed by atoms with E-state index in [4.69, 9.17) is 11.6 Å². The molecule has 1 atom stereocenters. The van der Waals surface area contributed by atoms with E-state index in [9.17, 15) is 9.59 Å². The maximum absolute atomic E-state index is 13.6. The number of para-hydroxylation sites is 1. The molecule has 0 unspecified atom stereocenters. The highest BCUT2D eigenvalue weighted by Gasteiger charge is 2.45. The number of carbonyl (C=O) groups excluding carboxylic acids is 2.